The topological polar surface area (TPSA) is 84.9 Å². The van der Waals surface area contributed by atoms with Crippen LogP contribution in [0.25, 0.3) is 11.1 Å². The molecule has 7 nitrogen and oxygen atoms in total. The zero-order valence-corrected chi connectivity index (χ0v) is 19.4. The number of carbonyl (C=O) groups excluding carboxylic acids is 1. The van der Waals surface area contributed by atoms with Crippen LogP contribution in [0.1, 0.15) is 15.9 Å². The highest BCUT2D eigenvalue weighted by molar-refractivity contribution is 7.89. The van der Waals surface area contributed by atoms with E-state index in [1.165, 1.54) is 16.4 Å². The number of methoxy groups -OCH3 is 1. The van der Waals surface area contributed by atoms with E-state index in [9.17, 15) is 13.2 Å². The van der Waals surface area contributed by atoms with E-state index in [0.717, 1.165) is 22.4 Å². The predicted octanol–water partition coefficient (Wildman–Crippen LogP) is 3.94. The lowest BCUT2D eigenvalue weighted by molar-refractivity contribution is 0.0730. The number of rotatable bonds is 6. The number of anilines is 1. The minimum atomic E-state index is -3.58. The Hall–Kier alpha value is -3.20. The smallest absolute Gasteiger partial charge is 0.255 e. The Morgan fingerprint density at radius 1 is 0.970 bits per heavy atom. The van der Waals surface area contributed by atoms with Crippen molar-refractivity contribution in [2.24, 2.45) is 0 Å². The number of hydrogen-bond donors (Lipinski definition) is 1. The molecule has 1 aliphatic heterocycles. The van der Waals surface area contributed by atoms with E-state index in [1.54, 1.807) is 25.3 Å². The summed E-state index contributed by atoms with van der Waals surface area (Å²) < 4.78 is 37.4. The Balaban J connectivity index is 1.51. The van der Waals surface area contributed by atoms with Gasteiger partial charge in [-0.1, -0.05) is 24.3 Å². The average Bonchev–Trinajstić information content (AvgIpc) is 2.85. The molecule has 1 amide bonds. The summed E-state index contributed by atoms with van der Waals surface area (Å²) in [6, 6.07) is 19.5. The SMILES string of the molecule is COc1ccc(-c2cccc(C(=O)Nc3ccc(S(=O)(=O)N4CCOCC4)cc3)c2C)cc1. The fourth-order valence-corrected chi connectivity index (χ4v) is 5.22. The molecule has 0 spiro atoms. The van der Waals surface area contributed by atoms with E-state index in [0.29, 0.717) is 37.6 Å². The zero-order valence-electron chi connectivity index (χ0n) is 18.6. The highest BCUT2D eigenvalue weighted by atomic mass is 32.2. The van der Waals surface area contributed by atoms with Crippen molar-refractivity contribution in [3.63, 3.8) is 0 Å². The van der Waals surface area contributed by atoms with Crippen molar-refractivity contribution in [1.82, 2.24) is 4.31 Å². The summed E-state index contributed by atoms with van der Waals surface area (Å²) >= 11 is 0. The van der Waals surface area contributed by atoms with Crippen LogP contribution in [-0.2, 0) is 14.8 Å². The number of hydrogen-bond acceptors (Lipinski definition) is 5. The molecule has 1 aliphatic rings. The number of sulfonamides is 1. The summed E-state index contributed by atoms with van der Waals surface area (Å²) in [4.78, 5) is 13.2. The van der Waals surface area contributed by atoms with Gasteiger partial charge in [-0.15, -0.1) is 0 Å². The van der Waals surface area contributed by atoms with Crippen molar-refractivity contribution in [1.29, 1.82) is 0 Å². The molecule has 3 aromatic rings. The molecule has 1 saturated heterocycles. The van der Waals surface area contributed by atoms with Crippen LogP contribution in [0.5, 0.6) is 5.75 Å². The van der Waals surface area contributed by atoms with Crippen LogP contribution in [0.15, 0.2) is 71.6 Å². The standard InChI is InChI=1S/C25H26N2O5S/c1-18-23(19-6-10-21(31-2)11-7-19)4-3-5-24(18)25(28)26-20-8-12-22(13-9-20)33(29,30)27-14-16-32-17-15-27/h3-13H,14-17H2,1-2H3,(H,26,28). The van der Waals surface area contributed by atoms with E-state index < -0.39 is 10.0 Å². The maximum Gasteiger partial charge on any atom is 0.255 e. The van der Waals surface area contributed by atoms with E-state index in [2.05, 4.69) is 5.32 Å². The van der Waals surface area contributed by atoms with Crippen LogP contribution >= 0.6 is 0 Å². The molecule has 33 heavy (non-hydrogen) atoms. The fraction of sp³-hybridized carbons (Fsp3) is 0.240. The number of morpholine rings is 1. The number of nitrogens with one attached hydrogen (secondary N) is 1. The van der Waals surface area contributed by atoms with Gasteiger partial charge in [-0.05, 0) is 66.1 Å². The van der Waals surface area contributed by atoms with Crippen molar-refractivity contribution >= 4 is 21.6 Å². The van der Waals surface area contributed by atoms with Gasteiger partial charge in [0.2, 0.25) is 10.0 Å². The fourth-order valence-electron chi connectivity index (χ4n) is 3.81. The largest absolute Gasteiger partial charge is 0.497 e. The van der Waals surface area contributed by atoms with Gasteiger partial charge < -0.3 is 14.8 Å². The average molecular weight is 467 g/mol. The highest BCUT2D eigenvalue weighted by Crippen LogP contribution is 2.28. The monoisotopic (exact) mass is 466 g/mol. The Bertz CT molecular complexity index is 1230. The van der Waals surface area contributed by atoms with Crippen LogP contribution in [0.4, 0.5) is 5.69 Å². The number of amides is 1. The molecular weight excluding hydrogens is 440 g/mol. The maximum absolute atomic E-state index is 13.0. The number of ether oxygens (including phenoxy) is 2. The third-order valence-corrected chi connectivity index (χ3v) is 7.61. The molecule has 0 bridgehead atoms. The van der Waals surface area contributed by atoms with E-state index in [-0.39, 0.29) is 10.8 Å². The zero-order chi connectivity index (χ0) is 23.4. The molecule has 1 fully saturated rings. The van der Waals surface area contributed by atoms with Crippen LogP contribution in [-0.4, -0.2) is 52.0 Å². The van der Waals surface area contributed by atoms with E-state index in [4.69, 9.17) is 9.47 Å². The minimum Gasteiger partial charge on any atom is -0.497 e. The first-order valence-electron chi connectivity index (χ1n) is 10.6. The summed E-state index contributed by atoms with van der Waals surface area (Å²) in [6.45, 7) is 3.37. The molecule has 3 aromatic carbocycles. The second-order valence-corrected chi connectivity index (χ2v) is 9.64. The molecule has 0 atom stereocenters. The first-order chi connectivity index (χ1) is 15.9. The number of nitrogens with zero attached hydrogens (tertiary/aromatic N) is 1. The molecule has 1 heterocycles. The lowest BCUT2D eigenvalue weighted by Crippen LogP contribution is -2.40. The van der Waals surface area contributed by atoms with Crippen molar-refractivity contribution in [2.75, 3.05) is 38.7 Å². The van der Waals surface area contributed by atoms with Crippen molar-refractivity contribution in [3.8, 4) is 16.9 Å². The number of carbonyl (C=O) groups is 1. The van der Waals surface area contributed by atoms with Gasteiger partial charge in [0.1, 0.15) is 5.75 Å². The third-order valence-electron chi connectivity index (χ3n) is 5.70. The summed E-state index contributed by atoms with van der Waals surface area (Å²) in [5, 5.41) is 2.87. The molecule has 4 rings (SSSR count). The molecule has 0 radical (unpaired) electrons. The molecule has 0 aromatic heterocycles. The van der Waals surface area contributed by atoms with Gasteiger partial charge in [0.25, 0.3) is 5.91 Å². The molecule has 0 aliphatic carbocycles. The van der Waals surface area contributed by atoms with Crippen molar-refractivity contribution in [2.45, 2.75) is 11.8 Å². The molecular formula is C25H26N2O5S. The minimum absolute atomic E-state index is 0.195. The van der Waals surface area contributed by atoms with Crippen LogP contribution in [0.2, 0.25) is 0 Å². The maximum atomic E-state index is 13.0. The van der Waals surface area contributed by atoms with Crippen LogP contribution in [0, 0.1) is 6.92 Å². The van der Waals surface area contributed by atoms with Crippen molar-refractivity contribution in [3.05, 3.63) is 77.9 Å². The Kier molecular flexibility index (Phi) is 6.78. The molecule has 0 saturated carbocycles. The van der Waals surface area contributed by atoms with E-state index in [1.807, 2.05) is 43.3 Å². The highest BCUT2D eigenvalue weighted by Gasteiger charge is 2.26. The summed E-state index contributed by atoms with van der Waals surface area (Å²) in [5.41, 5.74) is 3.87. The Morgan fingerprint density at radius 3 is 2.27 bits per heavy atom. The first kappa shape index (κ1) is 23.0. The first-order valence-corrected chi connectivity index (χ1v) is 12.1. The van der Waals surface area contributed by atoms with Gasteiger partial charge in [-0.25, -0.2) is 8.42 Å². The van der Waals surface area contributed by atoms with Crippen molar-refractivity contribution < 1.29 is 22.7 Å². The molecule has 0 unspecified atom stereocenters. The quantitative estimate of drug-likeness (QED) is 0.595. The molecule has 8 heteroatoms. The second kappa shape index (κ2) is 9.74. The lowest BCUT2D eigenvalue weighted by atomic mass is 9.96. The molecule has 172 valence electrons. The van der Waals surface area contributed by atoms with E-state index >= 15 is 0 Å². The lowest BCUT2D eigenvalue weighted by Gasteiger charge is -2.26. The molecule has 1 N–H and O–H groups in total. The Labute approximate surface area is 194 Å². The Morgan fingerprint density at radius 2 is 1.64 bits per heavy atom. The second-order valence-electron chi connectivity index (χ2n) is 7.70. The van der Waals surface area contributed by atoms with Gasteiger partial charge in [0.05, 0.1) is 25.2 Å². The number of benzene rings is 3. The summed E-state index contributed by atoms with van der Waals surface area (Å²) in [6.07, 6.45) is 0. The van der Waals surface area contributed by atoms with Gasteiger partial charge in [0.15, 0.2) is 0 Å². The third kappa shape index (κ3) is 4.93. The predicted molar refractivity (Wildman–Crippen MR) is 127 cm³/mol. The van der Waals surface area contributed by atoms with Gasteiger partial charge in [0, 0.05) is 24.3 Å². The summed E-state index contributed by atoms with van der Waals surface area (Å²) in [7, 11) is -1.95. The van der Waals surface area contributed by atoms with Crippen LogP contribution < -0.4 is 10.1 Å². The van der Waals surface area contributed by atoms with Crippen LogP contribution in [0.3, 0.4) is 0 Å². The summed E-state index contributed by atoms with van der Waals surface area (Å²) in [5.74, 6) is 0.510. The van der Waals surface area contributed by atoms with Gasteiger partial charge in [-0.3, -0.25) is 4.79 Å². The van der Waals surface area contributed by atoms with Gasteiger partial charge in [-0.2, -0.15) is 4.31 Å². The normalized spacial score (nSPS) is 14.6. The van der Waals surface area contributed by atoms with Gasteiger partial charge >= 0.3 is 0 Å².